The van der Waals surface area contributed by atoms with Gasteiger partial charge in [0.1, 0.15) is 5.78 Å². The lowest BCUT2D eigenvalue weighted by Crippen LogP contribution is -1.92. The third-order valence-electron chi connectivity index (χ3n) is 1.09. The molecule has 1 nitrogen and oxygen atoms in total. The molecule has 0 aromatic heterocycles. The first kappa shape index (κ1) is 11.9. The lowest BCUT2D eigenvalue weighted by Gasteiger charge is -1.91. The van der Waals surface area contributed by atoms with Crippen LogP contribution < -0.4 is 0 Å². The first-order chi connectivity index (χ1) is 3.81. The third kappa shape index (κ3) is 8.20. The first-order valence-electron chi connectivity index (χ1n) is 3.12. The van der Waals surface area contributed by atoms with E-state index in [4.69, 9.17) is 0 Å². The average molecular weight is 143 g/mol. The van der Waals surface area contributed by atoms with E-state index in [2.05, 4.69) is 13.8 Å². The zero-order valence-electron chi connectivity index (χ0n) is 5.44. The topological polar surface area (TPSA) is 17.1 Å². The molecule has 0 aliphatic rings. The maximum Gasteiger partial charge on any atom is 0.187 e. The van der Waals surface area contributed by atoms with Crippen molar-refractivity contribution in [1.82, 2.24) is 0 Å². The van der Waals surface area contributed by atoms with Crippen molar-refractivity contribution < 1.29 is 4.79 Å². The van der Waals surface area contributed by atoms with E-state index in [0.717, 1.165) is 19.3 Å². The van der Waals surface area contributed by atoms with E-state index in [1.165, 1.54) is 0 Å². The fraction of sp³-hybridized carbons (Fsp3) is 0.714. The molecule has 0 rings (SSSR count). The van der Waals surface area contributed by atoms with Crippen molar-refractivity contribution in [2.75, 3.05) is 0 Å². The predicted molar refractivity (Wildman–Crippen MR) is 44.4 cm³/mol. The number of rotatable bonds is 4. The summed E-state index contributed by atoms with van der Waals surface area (Å²) in [7, 11) is 0. The van der Waals surface area contributed by atoms with Gasteiger partial charge in [-0.05, 0) is 13.3 Å². The van der Waals surface area contributed by atoms with Crippen molar-refractivity contribution in [2.24, 2.45) is 0 Å². The summed E-state index contributed by atoms with van der Waals surface area (Å²) < 4.78 is 0. The summed E-state index contributed by atoms with van der Waals surface area (Å²) in [4.78, 5) is 10.5. The van der Waals surface area contributed by atoms with Crippen LogP contribution in [0.5, 0.6) is 0 Å². The monoisotopic (exact) mass is 143 g/mol. The van der Waals surface area contributed by atoms with Gasteiger partial charge < -0.3 is 0 Å². The molecule has 0 amide bonds. The highest BCUT2D eigenvalue weighted by molar-refractivity contribution is 5.78. The Balaban J connectivity index is 0. The predicted octanol–water partition coefficient (Wildman–Crippen LogP) is 0.786. The SMILES string of the molecule is [AlH3].[CH2]CC(=O)CCCC. The van der Waals surface area contributed by atoms with E-state index in [9.17, 15) is 4.79 Å². The maximum absolute atomic E-state index is 10.5. The molecule has 1 radical (unpaired) electrons. The van der Waals surface area contributed by atoms with Crippen LogP contribution in [0.4, 0.5) is 0 Å². The summed E-state index contributed by atoms with van der Waals surface area (Å²) in [5, 5.41) is 0. The second-order valence-electron chi connectivity index (χ2n) is 1.89. The van der Waals surface area contributed by atoms with Crippen molar-refractivity contribution >= 4 is 23.1 Å². The minimum Gasteiger partial charge on any atom is -0.300 e. The van der Waals surface area contributed by atoms with Gasteiger partial charge in [0, 0.05) is 12.8 Å². The Kier molecular flexibility index (Phi) is 10.9. The van der Waals surface area contributed by atoms with E-state index in [1.807, 2.05) is 0 Å². The molecule has 0 heterocycles. The van der Waals surface area contributed by atoms with Gasteiger partial charge in [0.2, 0.25) is 0 Å². The zero-order valence-corrected chi connectivity index (χ0v) is 5.44. The number of carbonyl (C=O) groups is 1. The van der Waals surface area contributed by atoms with Gasteiger partial charge in [0.15, 0.2) is 17.4 Å². The Hall–Kier alpha value is 0.202. The number of Topliss-reactive ketones (excluding diaryl/α,β-unsaturated/α-hetero) is 1. The highest BCUT2D eigenvalue weighted by Gasteiger charge is 1.93. The first-order valence-corrected chi connectivity index (χ1v) is 3.12. The molecule has 0 unspecified atom stereocenters. The Morgan fingerprint density at radius 2 is 2.11 bits per heavy atom. The number of hydrogen-bond acceptors (Lipinski definition) is 1. The molecule has 0 spiro atoms. The van der Waals surface area contributed by atoms with Gasteiger partial charge in [-0.25, -0.2) is 0 Å². The van der Waals surface area contributed by atoms with Crippen molar-refractivity contribution in [1.29, 1.82) is 0 Å². The van der Waals surface area contributed by atoms with Gasteiger partial charge in [-0.2, -0.15) is 0 Å². The number of unbranched alkanes of at least 4 members (excludes halogenated alkanes) is 1. The van der Waals surface area contributed by atoms with Crippen LogP contribution in [0.25, 0.3) is 0 Å². The molecule has 0 saturated heterocycles. The highest BCUT2D eigenvalue weighted by atomic mass is 27.0. The van der Waals surface area contributed by atoms with Crippen molar-refractivity contribution in [3.05, 3.63) is 6.92 Å². The van der Waals surface area contributed by atoms with Crippen LogP contribution in [0.15, 0.2) is 0 Å². The normalized spacial score (nSPS) is 8.22. The second-order valence-corrected chi connectivity index (χ2v) is 1.89. The molecule has 0 atom stereocenters. The summed E-state index contributed by atoms with van der Waals surface area (Å²) in [5.41, 5.74) is 0. The van der Waals surface area contributed by atoms with E-state index in [1.54, 1.807) is 0 Å². The van der Waals surface area contributed by atoms with Gasteiger partial charge in [-0.1, -0.05) is 13.3 Å². The highest BCUT2D eigenvalue weighted by Crippen LogP contribution is 1.96. The van der Waals surface area contributed by atoms with Crippen LogP contribution in [-0.4, -0.2) is 23.1 Å². The lowest BCUT2D eigenvalue weighted by atomic mass is 10.1. The van der Waals surface area contributed by atoms with E-state index >= 15 is 0 Å². The van der Waals surface area contributed by atoms with Crippen LogP contribution in [0, 0.1) is 6.92 Å². The Labute approximate surface area is 68.0 Å². The molecular formula is C7H16AlO. The molecule has 0 aromatic rings. The average Bonchev–Trinajstić information content (AvgIpc) is 1.83. The summed E-state index contributed by atoms with van der Waals surface area (Å²) >= 11 is 0. The molecule has 53 valence electrons. The molecule has 0 aliphatic heterocycles. The minimum atomic E-state index is 0. The standard InChI is InChI=1S/C7H13O.Al.3H/c1-3-5-6-7(8)4-2;;;;/h2-6H2,1H3;;;;. The van der Waals surface area contributed by atoms with Crippen LogP contribution in [-0.2, 0) is 4.79 Å². The number of ketones is 1. The van der Waals surface area contributed by atoms with Crippen LogP contribution >= 0.6 is 0 Å². The summed E-state index contributed by atoms with van der Waals surface area (Å²) in [6.07, 6.45) is 3.31. The van der Waals surface area contributed by atoms with Crippen LogP contribution in [0.3, 0.4) is 0 Å². The van der Waals surface area contributed by atoms with Crippen LogP contribution in [0.1, 0.15) is 32.6 Å². The maximum atomic E-state index is 10.5. The summed E-state index contributed by atoms with van der Waals surface area (Å²) in [6.45, 7) is 5.57. The van der Waals surface area contributed by atoms with Gasteiger partial charge in [-0.3, -0.25) is 4.79 Å². The minimum absolute atomic E-state index is 0. The van der Waals surface area contributed by atoms with Gasteiger partial charge in [0.25, 0.3) is 0 Å². The second kappa shape index (κ2) is 8.20. The quantitative estimate of drug-likeness (QED) is 0.532. The van der Waals surface area contributed by atoms with Gasteiger partial charge in [-0.15, -0.1) is 0 Å². The summed E-state index contributed by atoms with van der Waals surface area (Å²) in [6, 6.07) is 0. The van der Waals surface area contributed by atoms with Gasteiger partial charge >= 0.3 is 0 Å². The van der Waals surface area contributed by atoms with Crippen molar-refractivity contribution in [3.63, 3.8) is 0 Å². The van der Waals surface area contributed by atoms with Crippen LogP contribution in [0.2, 0.25) is 0 Å². The molecule has 2 heteroatoms. The fourth-order valence-electron chi connectivity index (χ4n) is 0.499. The third-order valence-corrected chi connectivity index (χ3v) is 1.09. The molecular weight excluding hydrogens is 127 g/mol. The largest absolute Gasteiger partial charge is 0.300 e. The summed E-state index contributed by atoms with van der Waals surface area (Å²) in [5.74, 6) is 0.284. The number of hydrogen-bond donors (Lipinski definition) is 0. The van der Waals surface area contributed by atoms with E-state index in [0.29, 0.717) is 6.42 Å². The smallest absolute Gasteiger partial charge is 0.187 e. The lowest BCUT2D eigenvalue weighted by molar-refractivity contribution is -0.118. The Morgan fingerprint density at radius 1 is 1.56 bits per heavy atom. The fourth-order valence-corrected chi connectivity index (χ4v) is 0.499. The Bertz CT molecular complexity index is 71.3. The van der Waals surface area contributed by atoms with Crippen molar-refractivity contribution in [2.45, 2.75) is 32.6 Å². The zero-order chi connectivity index (χ0) is 6.41. The molecule has 9 heavy (non-hydrogen) atoms. The Morgan fingerprint density at radius 3 is 2.44 bits per heavy atom. The van der Waals surface area contributed by atoms with E-state index < -0.39 is 0 Å². The van der Waals surface area contributed by atoms with Gasteiger partial charge in [0.05, 0.1) is 0 Å². The molecule has 0 aromatic carbocycles. The molecule has 0 bridgehead atoms. The number of carbonyl (C=O) groups excluding carboxylic acids is 1. The van der Waals surface area contributed by atoms with Crippen molar-refractivity contribution in [3.8, 4) is 0 Å². The van der Waals surface area contributed by atoms with E-state index in [-0.39, 0.29) is 23.1 Å². The molecule has 0 aliphatic carbocycles. The molecule has 0 N–H and O–H groups in total. The molecule has 0 fully saturated rings. The molecule has 0 saturated carbocycles.